The quantitative estimate of drug-likeness (QED) is 0.751. The predicted molar refractivity (Wildman–Crippen MR) is 55.6 cm³/mol. The molecule has 0 spiro atoms. The summed E-state index contributed by atoms with van der Waals surface area (Å²) in [5.41, 5.74) is 0.678. The molecule has 0 radical (unpaired) electrons. The number of carboxylic acids is 1. The number of halogens is 1. The fraction of sp³-hybridized carbons (Fsp3) is 0.200. The molecule has 1 atom stereocenters. The number of hydrogen-bond acceptors (Lipinski definition) is 2. The smallest absolute Gasteiger partial charge is 0.305 e. The first-order valence-electron chi connectivity index (χ1n) is 4.30. The molecule has 1 rings (SSSR count). The van der Waals surface area contributed by atoms with Crippen LogP contribution in [0.25, 0.3) is 0 Å². The first kappa shape index (κ1) is 11.5. The maximum absolute atomic E-state index is 10.6. The highest BCUT2D eigenvalue weighted by molar-refractivity contribution is 6.30. The van der Waals surface area contributed by atoms with Crippen molar-refractivity contribution in [1.82, 2.24) is 5.32 Å². The van der Waals surface area contributed by atoms with Gasteiger partial charge in [-0.1, -0.05) is 23.7 Å². The number of carbonyl (C=O) groups excluding carboxylic acids is 1. The topological polar surface area (TPSA) is 66.4 Å². The van der Waals surface area contributed by atoms with Crippen LogP contribution < -0.4 is 5.32 Å². The van der Waals surface area contributed by atoms with E-state index < -0.39 is 12.0 Å². The van der Waals surface area contributed by atoms with Crippen molar-refractivity contribution in [1.29, 1.82) is 0 Å². The maximum atomic E-state index is 10.6. The van der Waals surface area contributed by atoms with Crippen molar-refractivity contribution < 1.29 is 14.7 Å². The molecule has 0 saturated heterocycles. The van der Waals surface area contributed by atoms with E-state index in [9.17, 15) is 9.59 Å². The van der Waals surface area contributed by atoms with Crippen LogP contribution in [0.2, 0.25) is 5.02 Å². The minimum absolute atomic E-state index is 0.168. The molecule has 0 saturated carbocycles. The molecule has 1 aromatic rings. The summed E-state index contributed by atoms with van der Waals surface area (Å²) in [5.74, 6) is -0.977. The summed E-state index contributed by atoms with van der Waals surface area (Å²) in [6.07, 6.45) is 0.313. The lowest BCUT2D eigenvalue weighted by Gasteiger charge is -2.14. The Morgan fingerprint density at radius 1 is 1.60 bits per heavy atom. The van der Waals surface area contributed by atoms with Crippen LogP contribution in [0, 0.1) is 0 Å². The van der Waals surface area contributed by atoms with Crippen LogP contribution in [0.4, 0.5) is 0 Å². The predicted octanol–water partition coefficient (Wildman–Crippen LogP) is 1.60. The molecular weight excluding hydrogens is 218 g/mol. The molecule has 0 heterocycles. The largest absolute Gasteiger partial charge is 0.481 e. The van der Waals surface area contributed by atoms with Crippen molar-refractivity contribution >= 4 is 24.0 Å². The fourth-order valence-electron chi connectivity index (χ4n) is 1.25. The summed E-state index contributed by atoms with van der Waals surface area (Å²) in [7, 11) is 0. The molecule has 5 heteroatoms. The van der Waals surface area contributed by atoms with Gasteiger partial charge in [0, 0.05) is 5.02 Å². The zero-order valence-corrected chi connectivity index (χ0v) is 8.57. The first-order chi connectivity index (χ1) is 7.13. The molecule has 1 aromatic carbocycles. The Morgan fingerprint density at radius 3 is 2.87 bits per heavy atom. The monoisotopic (exact) mass is 227 g/mol. The summed E-state index contributed by atoms with van der Waals surface area (Å²) in [5, 5.41) is 11.6. The molecule has 0 aliphatic rings. The summed E-state index contributed by atoms with van der Waals surface area (Å²) in [6, 6.07) is 6.20. The Labute approximate surface area is 91.9 Å². The van der Waals surface area contributed by atoms with Gasteiger partial charge < -0.3 is 10.4 Å². The van der Waals surface area contributed by atoms with E-state index in [0.717, 1.165) is 0 Å². The lowest BCUT2D eigenvalue weighted by atomic mass is 10.0. The van der Waals surface area contributed by atoms with Crippen molar-refractivity contribution in [3.05, 3.63) is 34.9 Å². The van der Waals surface area contributed by atoms with Crippen LogP contribution in [0.1, 0.15) is 18.0 Å². The van der Waals surface area contributed by atoms with Crippen LogP contribution in [0.5, 0.6) is 0 Å². The van der Waals surface area contributed by atoms with Crippen LogP contribution in [0.3, 0.4) is 0 Å². The van der Waals surface area contributed by atoms with Crippen LogP contribution in [-0.2, 0) is 9.59 Å². The van der Waals surface area contributed by atoms with Gasteiger partial charge in [-0.25, -0.2) is 0 Å². The molecule has 1 amide bonds. The van der Waals surface area contributed by atoms with Gasteiger partial charge >= 0.3 is 5.97 Å². The minimum Gasteiger partial charge on any atom is -0.481 e. The normalized spacial score (nSPS) is 11.8. The molecule has 0 aliphatic carbocycles. The highest BCUT2D eigenvalue weighted by Crippen LogP contribution is 2.19. The number of carboxylic acid groups (broad SMARTS) is 1. The van der Waals surface area contributed by atoms with Crippen LogP contribution in [0.15, 0.2) is 24.3 Å². The second-order valence-electron chi connectivity index (χ2n) is 2.99. The van der Waals surface area contributed by atoms with E-state index in [0.29, 0.717) is 17.0 Å². The Balaban J connectivity index is 2.87. The van der Waals surface area contributed by atoms with Gasteiger partial charge in [-0.05, 0) is 17.7 Å². The van der Waals surface area contributed by atoms with Gasteiger partial charge in [-0.2, -0.15) is 0 Å². The van der Waals surface area contributed by atoms with Crippen LogP contribution >= 0.6 is 11.6 Å². The Hall–Kier alpha value is -1.55. The van der Waals surface area contributed by atoms with Gasteiger partial charge in [-0.3, -0.25) is 9.59 Å². The number of carbonyl (C=O) groups is 2. The van der Waals surface area contributed by atoms with Crippen molar-refractivity contribution in [2.24, 2.45) is 0 Å². The molecular formula is C10H10ClNO3. The zero-order chi connectivity index (χ0) is 11.3. The number of rotatable bonds is 5. The van der Waals surface area contributed by atoms with Gasteiger partial charge in [0.2, 0.25) is 6.41 Å². The van der Waals surface area contributed by atoms with E-state index in [4.69, 9.17) is 16.7 Å². The van der Waals surface area contributed by atoms with Crippen molar-refractivity contribution in [3.63, 3.8) is 0 Å². The SMILES string of the molecule is O=CN[C@@H](CC(=O)O)c1cccc(Cl)c1. The van der Waals surface area contributed by atoms with Crippen molar-refractivity contribution in [3.8, 4) is 0 Å². The van der Waals surface area contributed by atoms with Crippen molar-refractivity contribution in [2.75, 3.05) is 0 Å². The molecule has 4 nitrogen and oxygen atoms in total. The van der Waals surface area contributed by atoms with E-state index in [1.807, 2.05) is 0 Å². The highest BCUT2D eigenvalue weighted by atomic mass is 35.5. The number of hydrogen-bond donors (Lipinski definition) is 2. The summed E-state index contributed by atoms with van der Waals surface area (Å²) >= 11 is 5.76. The molecule has 0 unspecified atom stereocenters. The second-order valence-corrected chi connectivity index (χ2v) is 3.43. The fourth-order valence-corrected chi connectivity index (χ4v) is 1.45. The van der Waals surface area contributed by atoms with Crippen LogP contribution in [-0.4, -0.2) is 17.5 Å². The third kappa shape index (κ3) is 3.59. The molecule has 80 valence electrons. The lowest BCUT2D eigenvalue weighted by Crippen LogP contribution is -2.22. The number of benzene rings is 1. The third-order valence-corrected chi connectivity index (χ3v) is 2.13. The third-order valence-electron chi connectivity index (χ3n) is 1.90. The van der Waals surface area contributed by atoms with Gasteiger partial charge in [0.25, 0.3) is 0 Å². The average Bonchev–Trinajstić information content (AvgIpc) is 2.16. The number of aliphatic carboxylic acids is 1. The Morgan fingerprint density at radius 2 is 2.33 bits per heavy atom. The zero-order valence-electron chi connectivity index (χ0n) is 7.81. The molecule has 0 aromatic heterocycles. The van der Waals surface area contributed by atoms with Gasteiger partial charge in [0.15, 0.2) is 0 Å². The van der Waals surface area contributed by atoms with E-state index in [1.165, 1.54) is 0 Å². The Kier molecular flexibility index (Phi) is 4.12. The van der Waals surface area contributed by atoms with Gasteiger partial charge in [-0.15, -0.1) is 0 Å². The molecule has 15 heavy (non-hydrogen) atoms. The van der Waals surface area contributed by atoms with Crippen molar-refractivity contribution in [2.45, 2.75) is 12.5 Å². The first-order valence-corrected chi connectivity index (χ1v) is 4.68. The van der Waals surface area contributed by atoms with E-state index in [1.54, 1.807) is 24.3 Å². The summed E-state index contributed by atoms with van der Waals surface area (Å²) < 4.78 is 0. The lowest BCUT2D eigenvalue weighted by molar-refractivity contribution is -0.137. The van der Waals surface area contributed by atoms with E-state index in [-0.39, 0.29) is 6.42 Å². The molecule has 2 N–H and O–H groups in total. The van der Waals surface area contributed by atoms with E-state index in [2.05, 4.69) is 5.32 Å². The molecule has 0 bridgehead atoms. The molecule has 0 fully saturated rings. The summed E-state index contributed by atoms with van der Waals surface area (Å²) in [4.78, 5) is 20.9. The second kappa shape index (κ2) is 5.36. The van der Waals surface area contributed by atoms with Gasteiger partial charge in [0.1, 0.15) is 0 Å². The highest BCUT2D eigenvalue weighted by Gasteiger charge is 2.14. The minimum atomic E-state index is -0.977. The summed E-state index contributed by atoms with van der Waals surface area (Å²) in [6.45, 7) is 0. The standard InChI is InChI=1S/C10H10ClNO3/c11-8-3-1-2-7(4-8)9(12-6-13)5-10(14)15/h1-4,6,9H,5H2,(H,12,13)(H,14,15)/t9-/m0/s1. The van der Waals surface area contributed by atoms with E-state index >= 15 is 0 Å². The number of amides is 1. The Bertz CT molecular complexity index is 367. The van der Waals surface area contributed by atoms with Gasteiger partial charge in [0.05, 0.1) is 12.5 Å². The maximum Gasteiger partial charge on any atom is 0.305 e. The average molecular weight is 228 g/mol. The molecule has 0 aliphatic heterocycles. The number of nitrogens with one attached hydrogen (secondary N) is 1.